The highest BCUT2D eigenvalue weighted by molar-refractivity contribution is 6.01. The third kappa shape index (κ3) is 4.28. The van der Waals surface area contributed by atoms with Gasteiger partial charge >= 0.3 is 0 Å². The molecular weight excluding hydrogens is 323 g/mol. The Bertz CT molecular complexity index is 764. The summed E-state index contributed by atoms with van der Waals surface area (Å²) < 4.78 is 23.8. The normalized spacial score (nSPS) is 16.3. The number of methoxy groups -OCH3 is 2. The van der Waals surface area contributed by atoms with Crippen molar-refractivity contribution in [3.8, 4) is 11.5 Å². The van der Waals surface area contributed by atoms with Gasteiger partial charge in [-0.25, -0.2) is 4.39 Å². The molecule has 0 aliphatic carbocycles. The fourth-order valence-electron chi connectivity index (χ4n) is 2.84. The molecule has 25 heavy (non-hydrogen) atoms. The van der Waals surface area contributed by atoms with E-state index in [0.29, 0.717) is 18.0 Å². The molecule has 2 N–H and O–H groups in total. The van der Waals surface area contributed by atoms with Gasteiger partial charge in [0.25, 0.3) is 0 Å². The van der Waals surface area contributed by atoms with Crippen molar-refractivity contribution in [2.24, 2.45) is 5.16 Å². The van der Waals surface area contributed by atoms with Crippen LogP contribution in [0.4, 0.5) is 4.39 Å². The maximum atomic E-state index is 13.2. The van der Waals surface area contributed by atoms with E-state index in [1.807, 2.05) is 24.3 Å². The minimum Gasteiger partial charge on any atom is -0.493 e. The van der Waals surface area contributed by atoms with Gasteiger partial charge in [0.1, 0.15) is 18.9 Å². The van der Waals surface area contributed by atoms with Crippen molar-refractivity contribution in [2.75, 3.05) is 20.8 Å². The van der Waals surface area contributed by atoms with E-state index in [1.54, 1.807) is 26.4 Å². The third-order valence-electron chi connectivity index (χ3n) is 4.15. The second-order valence-electron chi connectivity index (χ2n) is 5.90. The van der Waals surface area contributed by atoms with Crippen molar-refractivity contribution >= 4 is 5.71 Å². The monoisotopic (exact) mass is 345 g/mol. The van der Waals surface area contributed by atoms with Gasteiger partial charge in [0.15, 0.2) is 17.6 Å². The summed E-state index contributed by atoms with van der Waals surface area (Å²) in [6, 6.07) is 12.4. The Morgan fingerprint density at radius 3 is 2.76 bits per heavy atom. The molecule has 3 rings (SSSR count). The Hall–Kier alpha value is -2.60. The van der Waals surface area contributed by atoms with Crippen molar-refractivity contribution in [1.29, 1.82) is 0 Å². The molecular formula is C19H22FN2O3+. The van der Waals surface area contributed by atoms with E-state index in [-0.39, 0.29) is 11.9 Å². The highest BCUT2D eigenvalue weighted by Crippen LogP contribution is 2.29. The summed E-state index contributed by atoms with van der Waals surface area (Å²) in [4.78, 5) is 5.52. The van der Waals surface area contributed by atoms with Crippen LogP contribution < -0.4 is 14.8 Å². The summed E-state index contributed by atoms with van der Waals surface area (Å²) in [5.74, 6) is 1.15. The molecule has 132 valence electrons. The first kappa shape index (κ1) is 17.2. The number of hydrogen-bond donors (Lipinski definition) is 1. The Kier molecular flexibility index (Phi) is 5.50. The Balaban J connectivity index is 1.53. The molecule has 2 aromatic carbocycles. The van der Waals surface area contributed by atoms with Crippen molar-refractivity contribution in [3.63, 3.8) is 0 Å². The minimum absolute atomic E-state index is 0.0108. The van der Waals surface area contributed by atoms with Crippen LogP contribution in [-0.4, -0.2) is 32.6 Å². The summed E-state index contributed by atoms with van der Waals surface area (Å²) in [6.07, 6.45) is 0.742. The summed E-state index contributed by atoms with van der Waals surface area (Å²) in [7, 11) is 3.22. The van der Waals surface area contributed by atoms with Crippen molar-refractivity contribution < 1.29 is 24.0 Å². The number of ether oxygens (including phenoxy) is 2. The lowest BCUT2D eigenvalue weighted by Gasteiger charge is -2.09. The molecule has 0 saturated heterocycles. The molecule has 0 radical (unpaired) electrons. The zero-order valence-electron chi connectivity index (χ0n) is 14.4. The number of benzene rings is 2. The Labute approximate surface area is 146 Å². The second kappa shape index (κ2) is 7.98. The molecule has 0 bridgehead atoms. The average Bonchev–Trinajstić information content (AvgIpc) is 3.10. The first-order chi connectivity index (χ1) is 12.2. The largest absolute Gasteiger partial charge is 0.493 e. The average molecular weight is 345 g/mol. The van der Waals surface area contributed by atoms with E-state index >= 15 is 0 Å². The predicted molar refractivity (Wildman–Crippen MR) is 92.5 cm³/mol. The summed E-state index contributed by atoms with van der Waals surface area (Å²) >= 11 is 0. The molecule has 1 atom stereocenters. The molecule has 5 nitrogen and oxygen atoms in total. The zero-order valence-corrected chi connectivity index (χ0v) is 14.4. The van der Waals surface area contributed by atoms with E-state index in [0.717, 1.165) is 29.8 Å². The van der Waals surface area contributed by atoms with Gasteiger partial charge in [-0.3, -0.25) is 0 Å². The molecule has 0 amide bonds. The van der Waals surface area contributed by atoms with E-state index < -0.39 is 0 Å². The van der Waals surface area contributed by atoms with E-state index in [2.05, 4.69) is 10.5 Å². The van der Waals surface area contributed by atoms with Crippen LogP contribution in [0.2, 0.25) is 0 Å². The summed E-state index contributed by atoms with van der Waals surface area (Å²) in [5, 5.41) is 6.30. The molecule has 0 spiro atoms. The van der Waals surface area contributed by atoms with E-state index in [4.69, 9.17) is 14.3 Å². The van der Waals surface area contributed by atoms with Crippen LogP contribution in [0.5, 0.6) is 11.5 Å². The van der Waals surface area contributed by atoms with Gasteiger partial charge < -0.3 is 19.6 Å². The molecule has 6 heteroatoms. The van der Waals surface area contributed by atoms with Crippen LogP contribution in [0.15, 0.2) is 47.6 Å². The topological polar surface area (TPSA) is 56.7 Å². The SMILES string of the molecule is COc1ccc(C2=NO[C@H](C[NH2+]Cc3cccc(F)c3)C2)cc1OC. The number of nitrogens with zero attached hydrogens (tertiary/aromatic N) is 1. The molecule has 0 fully saturated rings. The van der Waals surface area contributed by atoms with Gasteiger partial charge in [0, 0.05) is 17.5 Å². The van der Waals surface area contributed by atoms with Crippen LogP contribution >= 0.6 is 0 Å². The lowest BCUT2D eigenvalue weighted by Crippen LogP contribution is -2.84. The highest BCUT2D eigenvalue weighted by Gasteiger charge is 2.24. The van der Waals surface area contributed by atoms with Gasteiger partial charge in [-0.2, -0.15) is 0 Å². The van der Waals surface area contributed by atoms with Gasteiger partial charge in [-0.05, 0) is 30.3 Å². The van der Waals surface area contributed by atoms with Crippen molar-refractivity contribution in [1.82, 2.24) is 0 Å². The number of halogens is 1. The van der Waals surface area contributed by atoms with Crippen LogP contribution in [0.25, 0.3) is 0 Å². The van der Waals surface area contributed by atoms with Gasteiger partial charge in [-0.1, -0.05) is 17.3 Å². The van der Waals surface area contributed by atoms with E-state index in [9.17, 15) is 4.39 Å². The fraction of sp³-hybridized carbons (Fsp3) is 0.316. The number of rotatable bonds is 7. The Morgan fingerprint density at radius 1 is 1.16 bits per heavy atom. The third-order valence-corrected chi connectivity index (χ3v) is 4.15. The Morgan fingerprint density at radius 2 is 2.00 bits per heavy atom. The smallest absolute Gasteiger partial charge is 0.181 e. The highest BCUT2D eigenvalue weighted by atomic mass is 19.1. The van der Waals surface area contributed by atoms with E-state index in [1.165, 1.54) is 6.07 Å². The molecule has 1 aliphatic rings. The van der Waals surface area contributed by atoms with Crippen LogP contribution in [0, 0.1) is 5.82 Å². The predicted octanol–water partition coefficient (Wildman–Crippen LogP) is 2.10. The first-order valence-electron chi connectivity index (χ1n) is 8.21. The zero-order chi connectivity index (χ0) is 17.6. The number of quaternary nitrogens is 1. The molecule has 0 aromatic heterocycles. The molecule has 1 heterocycles. The molecule has 0 saturated carbocycles. The van der Waals surface area contributed by atoms with Crippen LogP contribution in [0.1, 0.15) is 17.5 Å². The minimum atomic E-state index is -0.206. The maximum Gasteiger partial charge on any atom is 0.181 e. The summed E-state index contributed by atoms with van der Waals surface area (Å²) in [6.45, 7) is 1.47. The second-order valence-corrected chi connectivity index (χ2v) is 5.90. The maximum absolute atomic E-state index is 13.2. The standard InChI is InChI=1S/C19H21FN2O3/c1-23-18-7-6-14(9-19(18)24-2)17-10-16(25-22-17)12-21-11-13-4-3-5-15(20)8-13/h3-9,16,21H,10-12H2,1-2H3/p+1/t16-/m0/s1. The lowest BCUT2D eigenvalue weighted by molar-refractivity contribution is -0.676. The number of nitrogens with two attached hydrogens (primary N) is 1. The molecule has 1 aliphatic heterocycles. The lowest BCUT2D eigenvalue weighted by atomic mass is 10.0. The van der Waals surface area contributed by atoms with Gasteiger partial charge in [-0.15, -0.1) is 0 Å². The van der Waals surface area contributed by atoms with Crippen LogP contribution in [-0.2, 0) is 11.4 Å². The van der Waals surface area contributed by atoms with Crippen molar-refractivity contribution in [3.05, 3.63) is 59.4 Å². The molecule has 0 unspecified atom stereocenters. The summed E-state index contributed by atoms with van der Waals surface area (Å²) in [5.41, 5.74) is 2.81. The number of oxime groups is 1. The molecule has 2 aromatic rings. The fourth-order valence-corrected chi connectivity index (χ4v) is 2.84. The number of hydrogen-bond acceptors (Lipinski definition) is 4. The van der Waals surface area contributed by atoms with Crippen LogP contribution in [0.3, 0.4) is 0 Å². The van der Waals surface area contributed by atoms with Gasteiger partial charge in [0.05, 0.1) is 19.9 Å². The first-order valence-corrected chi connectivity index (χ1v) is 8.21. The quantitative estimate of drug-likeness (QED) is 0.836. The van der Waals surface area contributed by atoms with Gasteiger partial charge in [0.2, 0.25) is 0 Å². The van der Waals surface area contributed by atoms with Crippen molar-refractivity contribution in [2.45, 2.75) is 19.1 Å².